The smallest absolute Gasteiger partial charge is 0.334 e. The van der Waals surface area contributed by atoms with Crippen LogP contribution in [0.2, 0.25) is 12.6 Å². The van der Waals surface area contributed by atoms with Crippen LogP contribution in [0.25, 0.3) is 0 Å². The molecule has 0 aromatic rings. The summed E-state index contributed by atoms with van der Waals surface area (Å²) >= 11 is 0. The second kappa shape index (κ2) is 13.1. The fourth-order valence-corrected chi connectivity index (χ4v) is 3.86. The molecule has 0 saturated carbocycles. The van der Waals surface area contributed by atoms with E-state index >= 15 is 0 Å². The Bertz CT molecular complexity index is 182. The fourth-order valence-electron chi connectivity index (χ4n) is 2.40. The molecule has 0 aliphatic heterocycles. The minimum Gasteiger partial charge on any atom is -0.398 e. The van der Waals surface area contributed by atoms with E-state index in [-0.39, 0.29) is 0 Å². The van der Waals surface area contributed by atoms with Crippen molar-refractivity contribution < 1.29 is 8.85 Å². The molecule has 0 aliphatic rings. The van der Waals surface area contributed by atoms with Crippen molar-refractivity contribution >= 4 is 8.56 Å². The number of rotatable bonds is 14. The highest BCUT2D eigenvalue weighted by atomic mass is 28.4. The second-order valence-electron chi connectivity index (χ2n) is 5.83. The van der Waals surface area contributed by atoms with Crippen LogP contribution in [0.4, 0.5) is 0 Å². The van der Waals surface area contributed by atoms with Crippen molar-refractivity contribution in [3.05, 3.63) is 0 Å². The molecule has 0 unspecified atom stereocenters. The highest BCUT2D eigenvalue weighted by molar-refractivity contribution is 6.65. The molecule has 0 heterocycles. The van der Waals surface area contributed by atoms with Crippen LogP contribution < -0.4 is 0 Å². The van der Waals surface area contributed by atoms with Crippen LogP contribution in [0.5, 0.6) is 0 Å². The summed E-state index contributed by atoms with van der Waals surface area (Å²) in [6.45, 7) is 4.43. The molecule has 0 aromatic heterocycles. The number of hydrogen-bond acceptors (Lipinski definition) is 2. The van der Waals surface area contributed by atoms with Crippen molar-refractivity contribution in [1.29, 1.82) is 0 Å². The average molecular weight is 289 g/mol. The van der Waals surface area contributed by atoms with Gasteiger partial charge in [0, 0.05) is 14.2 Å². The lowest BCUT2D eigenvalue weighted by atomic mass is 10.1. The molecule has 0 radical (unpaired) electrons. The lowest BCUT2D eigenvalue weighted by Gasteiger charge is -2.22. The van der Waals surface area contributed by atoms with E-state index in [1.54, 1.807) is 14.2 Å². The molecule has 0 fully saturated rings. The first-order valence-corrected chi connectivity index (χ1v) is 10.8. The maximum absolute atomic E-state index is 5.50. The number of hydrogen-bond donors (Lipinski definition) is 0. The molecule has 0 aliphatic carbocycles. The number of unbranched alkanes of at least 4 members (excludes halogenated alkanes) is 10. The molecule has 0 saturated heterocycles. The topological polar surface area (TPSA) is 18.5 Å². The van der Waals surface area contributed by atoms with E-state index in [4.69, 9.17) is 8.85 Å². The van der Waals surface area contributed by atoms with Gasteiger partial charge in [-0.25, -0.2) is 0 Å². The van der Waals surface area contributed by atoms with Gasteiger partial charge in [0.25, 0.3) is 0 Å². The van der Waals surface area contributed by atoms with E-state index in [2.05, 4.69) is 13.5 Å². The molecule has 116 valence electrons. The Morgan fingerprint density at radius 1 is 0.632 bits per heavy atom. The Kier molecular flexibility index (Phi) is 13.2. The highest BCUT2D eigenvalue weighted by Gasteiger charge is 2.27. The predicted octanol–water partition coefficient (Wildman–Crippen LogP) is 5.66. The van der Waals surface area contributed by atoms with Crippen LogP contribution in [-0.4, -0.2) is 22.8 Å². The lowest BCUT2D eigenvalue weighted by Crippen LogP contribution is -2.35. The molecule has 0 atom stereocenters. The first-order chi connectivity index (χ1) is 9.18. The summed E-state index contributed by atoms with van der Waals surface area (Å²) in [6.07, 6.45) is 15.4. The molecule has 0 rings (SSSR count). The van der Waals surface area contributed by atoms with Crippen molar-refractivity contribution in [2.45, 2.75) is 90.1 Å². The van der Waals surface area contributed by atoms with Gasteiger partial charge in [-0.15, -0.1) is 0 Å². The van der Waals surface area contributed by atoms with Crippen LogP contribution in [0.3, 0.4) is 0 Å². The lowest BCUT2D eigenvalue weighted by molar-refractivity contribution is 0.248. The quantitative estimate of drug-likeness (QED) is 0.303. The van der Waals surface area contributed by atoms with E-state index < -0.39 is 8.56 Å². The van der Waals surface area contributed by atoms with E-state index in [0.717, 1.165) is 6.04 Å². The first-order valence-electron chi connectivity index (χ1n) is 8.29. The van der Waals surface area contributed by atoms with Gasteiger partial charge in [-0.05, 0) is 12.6 Å². The molecule has 0 amide bonds. The summed E-state index contributed by atoms with van der Waals surface area (Å²) in [5.41, 5.74) is 0. The van der Waals surface area contributed by atoms with E-state index in [0.29, 0.717) is 0 Å². The van der Waals surface area contributed by atoms with Gasteiger partial charge in [0.2, 0.25) is 0 Å². The zero-order valence-corrected chi connectivity index (χ0v) is 14.8. The maximum atomic E-state index is 5.50. The molecule has 0 aromatic carbocycles. The Labute approximate surface area is 122 Å². The summed E-state index contributed by atoms with van der Waals surface area (Å²) in [5.74, 6) is 0. The van der Waals surface area contributed by atoms with E-state index in [9.17, 15) is 0 Å². The summed E-state index contributed by atoms with van der Waals surface area (Å²) in [4.78, 5) is 0. The fraction of sp³-hybridized carbons (Fsp3) is 1.00. The highest BCUT2D eigenvalue weighted by Crippen LogP contribution is 2.17. The molecule has 0 bridgehead atoms. The van der Waals surface area contributed by atoms with Crippen LogP contribution in [0.1, 0.15) is 77.6 Å². The van der Waals surface area contributed by atoms with Crippen LogP contribution >= 0.6 is 0 Å². The van der Waals surface area contributed by atoms with Gasteiger partial charge in [0.05, 0.1) is 0 Å². The third kappa shape index (κ3) is 11.6. The van der Waals surface area contributed by atoms with Gasteiger partial charge in [-0.2, -0.15) is 0 Å². The first kappa shape index (κ1) is 19.1. The molecule has 19 heavy (non-hydrogen) atoms. The third-order valence-corrected chi connectivity index (χ3v) is 7.09. The summed E-state index contributed by atoms with van der Waals surface area (Å²) in [5, 5.41) is 0. The molecule has 3 heteroatoms. The molecular weight excluding hydrogens is 252 g/mol. The zero-order valence-electron chi connectivity index (χ0n) is 13.8. The SMILES string of the molecule is CCCCCCCCCCCCC[Si](C)(OC)OC. The summed E-state index contributed by atoms with van der Waals surface area (Å²) in [7, 11) is 1.78. The van der Waals surface area contributed by atoms with Gasteiger partial charge >= 0.3 is 8.56 Å². The van der Waals surface area contributed by atoms with Gasteiger partial charge in [0.1, 0.15) is 0 Å². The van der Waals surface area contributed by atoms with Gasteiger partial charge in [-0.3, -0.25) is 0 Å². The van der Waals surface area contributed by atoms with Crippen molar-refractivity contribution in [1.82, 2.24) is 0 Å². The van der Waals surface area contributed by atoms with E-state index in [1.165, 1.54) is 70.6 Å². The van der Waals surface area contributed by atoms with Gasteiger partial charge < -0.3 is 8.85 Å². The predicted molar refractivity (Wildman–Crippen MR) is 86.9 cm³/mol. The Morgan fingerprint density at radius 3 is 1.37 bits per heavy atom. The van der Waals surface area contributed by atoms with Crippen molar-refractivity contribution in [2.24, 2.45) is 0 Å². The molecular formula is C16H36O2Si. The van der Waals surface area contributed by atoms with Gasteiger partial charge in [0.15, 0.2) is 0 Å². The summed E-state index contributed by atoms with van der Waals surface area (Å²) < 4.78 is 11.0. The normalized spacial score (nSPS) is 12.0. The largest absolute Gasteiger partial charge is 0.398 e. The minimum absolute atomic E-state index is 1.14. The van der Waals surface area contributed by atoms with E-state index in [1.807, 2.05) is 0 Å². The second-order valence-corrected chi connectivity index (χ2v) is 9.41. The average Bonchev–Trinajstić information content (AvgIpc) is 2.44. The molecule has 2 nitrogen and oxygen atoms in total. The maximum Gasteiger partial charge on any atom is 0.334 e. The third-order valence-electron chi connectivity index (χ3n) is 4.10. The van der Waals surface area contributed by atoms with Crippen molar-refractivity contribution in [2.75, 3.05) is 14.2 Å². The van der Waals surface area contributed by atoms with Crippen molar-refractivity contribution in [3.63, 3.8) is 0 Å². The standard InChI is InChI=1S/C16H36O2Si/c1-5-6-7-8-9-10-11-12-13-14-15-16-19(4,17-2)18-3/h5-16H2,1-4H3. The Hall–Kier alpha value is 0.137. The van der Waals surface area contributed by atoms with Gasteiger partial charge in [-0.1, -0.05) is 77.6 Å². The Balaban J connectivity index is 3.19. The molecule has 0 spiro atoms. The van der Waals surface area contributed by atoms with Crippen LogP contribution in [0, 0.1) is 0 Å². The summed E-state index contributed by atoms with van der Waals surface area (Å²) in [6, 6.07) is 1.14. The Morgan fingerprint density at radius 2 is 1.00 bits per heavy atom. The monoisotopic (exact) mass is 288 g/mol. The zero-order chi connectivity index (χ0) is 14.4. The van der Waals surface area contributed by atoms with Crippen LogP contribution in [-0.2, 0) is 8.85 Å². The molecule has 0 N–H and O–H groups in total. The minimum atomic E-state index is -1.79. The van der Waals surface area contributed by atoms with Crippen molar-refractivity contribution in [3.8, 4) is 0 Å². The van der Waals surface area contributed by atoms with Crippen LogP contribution in [0.15, 0.2) is 0 Å².